The molecule has 0 aromatic rings. The first-order chi connectivity index (χ1) is 7.92. The standard InChI is InChI=1S/C13H27N3O/c1-11-10-16(8-9-17-11)7-5-4-6-13(2,3)12(14)15/h11H,4-10H2,1-3H3,(H3,14,15). The quantitative estimate of drug-likeness (QED) is 0.424. The summed E-state index contributed by atoms with van der Waals surface area (Å²) in [5, 5.41) is 7.51. The summed E-state index contributed by atoms with van der Waals surface area (Å²) in [5.41, 5.74) is 5.43. The summed E-state index contributed by atoms with van der Waals surface area (Å²) >= 11 is 0. The first-order valence-corrected chi connectivity index (χ1v) is 6.60. The van der Waals surface area contributed by atoms with E-state index in [1.54, 1.807) is 0 Å². The fourth-order valence-corrected chi connectivity index (χ4v) is 2.13. The number of amidine groups is 1. The van der Waals surface area contributed by atoms with Gasteiger partial charge >= 0.3 is 0 Å². The van der Waals surface area contributed by atoms with Gasteiger partial charge in [-0.25, -0.2) is 0 Å². The molecule has 0 radical (unpaired) electrons. The highest BCUT2D eigenvalue weighted by molar-refractivity contribution is 5.82. The Kier molecular flexibility index (Phi) is 5.40. The molecule has 0 aromatic carbocycles. The molecule has 4 heteroatoms. The Hall–Kier alpha value is -0.610. The van der Waals surface area contributed by atoms with Gasteiger partial charge in [0.05, 0.1) is 18.5 Å². The fourth-order valence-electron chi connectivity index (χ4n) is 2.13. The van der Waals surface area contributed by atoms with E-state index in [0.717, 1.165) is 39.1 Å². The third kappa shape index (κ3) is 5.04. The van der Waals surface area contributed by atoms with Gasteiger partial charge in [0, 0.05) is 18.5 Å². The third-order valence-electron chi connectivity index (χ3n) is 3.58. The van der Waals surface area contributed by atoms with Crippen molar-refractivity contribution >= 4 is 5.84 Å². The normalized spacial score (nSPS) is 22.6. The van der Waals surface area contributed by atoms with E-state index in [9.17, 15) is 0 Å². The van der Waals surface area contributed by atoms with Gasteiger partial charge in [0.15, 0.2) is 0 Å². The summed E-state index contributed by atoms with van der Waals surface area (Å²) in [6.45, 7) is 10.3. The van der Waals surface area contributed by atoms with Crippen LogP contribution in [0.4, 0.5) is 0 Å². The topological polar surface area (TPSA) is 62.3 Å². The van der Waals surface area contributed by atoms with Gasteiger partial charge < -0.3 is 10.5 Å². The summed E-state index contributed by atoms with van der Waals surface area (Å²) in [4.78, 5) is 2.47. The number of nitrogens with two attached hydrogens (primary N) is 1. The Balaban J connectivity index is 2.13. The molecule has 1 saturated heterocycles. The smallest absolute Gasteiger partial charge is 0.0963 e. The Morgan fingerprint density at radius 2 is 2.18 bits per heavy atom. The maximum Gasteiger partial charge on any atom is 0.0963 e. The summed E-state index contributed by atoms with van der Waals surface area (Å²) in [7, 11) is 0. The molecule has 1 atom stereocenters. The minimum atomic E-state index is -0.141. The fraction of sp³-hybridized carbons (Fsp3) is 0.923. The molecule has 1 heterocycles. The molecule has 1 aliphatic rings. The zero-order valence-electron chi connectivity index (χ0n) is 11.5. The van der Waals surface area contributed by atoms with Crippen LogP contribution in [0.15, 0.2) is 0 Å². The molecule has 4 nitrogen and oxygen atoms in total. The zero-order valence-corrected chi connectivity index (χ0v) is 11.5. The summed E-state index contributed by atoms with van der Waals surface area (Å²) in [6, 6.07) is 0. The first kappa shape index (κ1) is 14.5. The van der Waals surface area contributed by atoms with E-state index in [1.807, 2.05) is 13.8 Å². The van der Waals surface area contributed by atoms with Crippen LogP contribution >= 0.6 is 0 Å². The summed E-state index contributed by atoms with van der Waals surface area (Å²) in [6.07, 6.45) is 3.70. The maximum atomic E-state index is 7.51. The second-order valence-corrected chi connectivity index (χ2v) is 5.74. The average Bonchev–Trinajstić information content (AvgIpc) is 2.24. The predicted molar refractivity (Wildman–Crippen MR) is 71.4 cm³/mol. The Labute approximate surface area is 105 Å². The maximum absolute atomic E-state index is 7.51. The second kappa shape index (κ2) is 6.36. The first-order valence-electron chi connectivity index (χ1n) is 6.60. The lowest BCUT2D eigenvalue weighted by atomic mass is 9.86. The number of unbranched alkanes of at least 4 members (excludes halogenated alkanes) is 1. The van der Waals surface area contributed by atoms with E-state index in [-0.39, 0.29) is 5.41 Å². The molecule has 17 heavy (non-hydrogen) atoms. The molecular formula is C13H27N3O. The lowest BCUT2D eigenvalue weighted by Crippen LogP contribution is -2.41. The number of ether oxygens (including phenoxy) is 1. The van der Waals surface area contributed by atoms with Crippen molar-refractivity contribution in [2.45, 2.75) is 46.1 Å². The molecular weight excluding hydrogens is 214 g/mol. The number of nitrogens with zero attached hydrogens (tertiary/aromatic N) is 1. The number of hydrogen-bond donors (Lipinski definition) is 2. The van der Waals surface area contributed by atoms with Crippen LogP contribution in [-0.4, -0.2) is 43.1 Å². The minimum absolute atomic E-state index is 0.141. The van der Waals surface area contributed by atoms with Gasteiger partial charge in [-0.3, -0.25) is 10.3 Å². The summed E-state index contributed by atoms with van der Waals surface area (Å²) in [5.74, 6) is 0.303. The van der Waals surface area contributed by atoms with E-state index in [4.69, 9.17) is 15.9 Å². The molecule has 1 rings (SSSR count). The van der Waals surface area contributed by atoms with Gasteiger partial charge in [0.1, 0.15) is 0 Å². The average molecular weight is 241 g/mol. The third-order valence-corrected chi connectivity index (χ3v) is 3.58. The number of hydrogen-bond acceptors (Lipinski definition) is 3. The van der Waals surface area contributed by atoms with Crippen LogP contribution in [0.1, 0.15) is 40.0 Å². The number of nitrogens with one attached hydrogen (secondary N) is 1. The van der Waals surface area contributed by atoms with Crippen molar-refractivity contribution in [1.29, 1.82) is 5.41 Å². The van der Waals surface area contributed by atoms with Crippen molar-refractivity contribution in [3.63, 3.8) is 0 Å². The molecule has 0 amide bonds. The van der Waals surface area contributed by atoms with Crippen LogP contribution in [0, 0.1) is 10.8 Å². The molecule has 3 N–H and O–H groups in total. The van der Waals surface area contributed by atoms with E-state index in [0.29, 0.717) is 11.9 Å². The van der Waals surface area contributed by atoms with E-state index in [2.05, 4.69) is 11.8 Å². The van der Waals surface area contributed by atoms with Gasteiger partial charge in [0.2, 0.25) is 0 Å². The highest BCUT2D eigenvalue weighted by Crippen LogP contribution is 2.22. The molecule has 0 spiro atoms. The summed E-state index contributed by atoms with van der Waals surface area (Å²) < 4.78 is 5.51. The molecule has 1 aliphatic heterocycles. The van der Waals surface area contributed by atoms with Crippen LogP contribution in [0.2, 0.25) is 0 Å². The van der Waals surface area contributed by atoms with Crippen molar-refractivity contribution in [3.8, 4) is 0 Å². The molecule has 0 aromatic heterocycles. The van der Waals surface area contributed by atoms with Gasteiger partial charge in [-0.2, -0.15) is 0 Å². The van der Waals surface area contributed by atoms with Gasteiger partial charge in [-0.05, 0) is 26.3 Å². The van der Waals surface area contributed by atoms with Crippen LogP contribution in [0.5, 0.6) is 0 Å². The molecule has 100 valence electrons. The molecule has 1 unspecified atom stereocenters. The largest absolute Gasteiger partial charge is 0.387 e. The van der Waals surface area contributed by atoms with Crippen LogP contribution in [0.3, 0.4) is 0 Å². The van der Waals surface area contributed by atoms with Crippen LogP contribution in [0.25, 0.3) is 0 Å². The monoisotopic (exact) mass is 241 g/mol. The second-order valence-electron chi connectivity index (χ2n) is 5.74. The molecule has 1 fully saturated rings. The van der Waals surface area contributed by atoms with Crippen molar-refractivity contribution in [2.24, 2.45) is 11.1 Å². The SMILES string of the molecule is CC1CN(CCCCC(C)(C)C(=N)N)CCO1. The van der Waals surface area contributed by atoms with Gasteiger partial charge in [-0.15, -0.1) is 0 Å². The van der Waals surface area contributed by atoms with Gasteiger partial charge in [0.25, 0.3) is 0 Å². The van der Waals surface area contributed by atoms with Crippen molar-refractivity contribution in [3.05, 3.63) is 0 Å². The highest BCUT2D eigenvalue weighted by atomic mass is 16.5. The Morgan fingerprint density at radius 3 is 2.76 bits per heavy atom. The zero-order chi connectivity index (χ0) is 12.9. The highest BCUT2D eigenvalue weighted by Gasteiger charge is 2.21. The van der Waals surface area contributed by atoms with Crippen molar-refractivity contribution < 1.29 is 4.74 Å². The van der Waals surface area contributed by atoms with E-state index < -0.39 is 0 Å². The van der Waals surface area contributed by atoms with Crippen LogP contribution in [-0.2, 0) is 4.74 Å². The van der Waals surface area contributed by atoms with E-state index in [1.165, 1.54) is 6.42 Å². The molecule has 0 bridgehead atoms. The Bertz CT molecular complexity index is 253. The molecule has 0 aliphatic carbocycles. The van der Waals surface area contributed by atoms with Gasteiger partial charge in [-0.1, -0.05) is 20.3 Å². The minimum Gasteiger partial charge on any atom is -0.387 e. The van der Waals surface area contributed by atoms with E-state index >= 15 is 0 Å². The van der Waals surface area contributed by atoms with Crippen LogP contribution < -0.4 is 5.73 Å². The van der Waals surface area contributed by atoms with Crippen molar-refractivity contribution in [1.82, 2.24) is 4.90 Å². The van der Waals surface area contributed by atoms with Crippen molar-refractivity contribution in [2.75, 3.05) is 26.2 Å². The Morgan fingerprint density at radius 1 is 1.47 bits per heavy atom. The molecule has 0 saturated carbocycles. The lowest BCUT2D eigenvalue weighted by Gasteiger charge is -2.31. The number of morpholine rings is 1. The lowest BCUT2D eigenvalue weighted by molar-refractivity contribution is -0.0187. The predicted octanol–water partition coefficient (Wildman–Crippen LogP) is 1.84. The number of rotatable bonds is 6.